The molecule has 10 aromatic carbocycles. The van der Waals surface area contributed by atoms with E-state index in [1.165, 1.54) is 55.2 Å². The first kappa shape index (κ1) is 42.5. The Morgan fingerprint density at radius 3 is 1.44 bits per heavy atom. The van der Waals surface area contributed by atoms with E-state index in [1.54, 1.807) is 0 Å². The molecular weight excluding hydrogens is 824 g/mol. The zero-order valence-corrected chi connectivity index (χ0v) is 39.4. The van der Waals surface area contributed by atoms with E-state index in [9.17, 15) is 0 Å². The zero-order valence-electron chi connectivity index (χ0n) is 39.4. The Balaban J connectivity index is 1.22. The average molecular weight is 875 g/mol. The molecule has 1 heterocycles. The monoisotopic (exact) mass is 874 g/mol. The van der Waals surface area contributed by atoms with E-state index in [0.717, 1.165) is 60.6 Å². The Kier molecular flexibility index (Phi) is 11.0. The number of rotatable bonds is 9. The maximum atomic E-state index is 5.61. The predicted molar refractivity (Wildman–Crippen MR) is 289 cm³/mol. The highest BCUT2D eigenvalue weighted by Gasteiger charge is 2.32. The summed E-state index contributed by atoms with van der Waals surface area (Å²) >= 11 is 0. The fourth-order valence-corrected chi connectivity index (χ4v) is 10.8. The first-order valence-electron chi connectivity index (χ1n) is 23.6. The second-order valence-corrected chi connectivity index (χ2v) is 18.4. The van der Waals surface area contributed by atoms with Crippen LogP contribution in [0.25, 0.3) is 66.2 Å². The van der Waals surface area contributed by atoms with Crippen molar-refractivity contribution >= 4 is 72.7 Å². The third-order valence-corrected chi connectivity index (χ3v) is 13.6. The lowest BCUT2D eigenvalue weighted by molar-refractivity contribution is 1.03. The molecule has 11 aromatic rings. The molecule has 68 heavy (non-hydrogen) atoms. The van der Waals surface area contributed by atoms with Crippen molar-refractivity contribution in [3.63, 3.8) is 0 Å². The van der Waals surface area contributed by atoms with Crippen LogP contribution in [0.1, 0.15) is 33.4 Å². The van der Waals surface area contributed by atoms with Crippen LogP contribution in [-0.2, 0) is 0 Å². The minimum atomic E-state index is -0.0149. The molecule has 0 atom stereocenters. The molecule has 0 saturated carbocycles. The van der Waals surface area contributed by atoms with Crippen molar-refractivity contribution in [2.75, 3.05) is 4.90 Å². The number of hydrogen-bond acceptors (Lipinski definition) is 4. The summed E-state index contributed by atoms with van der Waals surface area (Å²) in [5, 5.41) is 6.78. The van der Waals surface area contributed by atoms with Crippen molar-refractivity contribution in [1.82, 2.24) is 15.0 Å². The van der Waals surface area contributed by atoms with Crippen LogP contribution in [-0.4, -0.2) is 21.7 Å². The average Bonchev–Trinajstić information content (AvgIpc) is 3.35. The van der Waals surface area contributed by atoms with E-state index in [0.29, 0.717) is 17.6 Å². The van der Waals surface area contributed by atoms with Gasteiger partial charge in [-0.3, -0.25) is 4.90 Å². The van der Waals surface area contributed by atoms with Crippen molar-refractivity contribution < 1.29 is 0 Å². The van der Waals surface area contributed by atoms with Gasteiger partial charge < -0.3 is 0 Å². The number of anilines is 3. The molecule has 0 spiro atoms. The van der Waals surface area contributed by atoms with Gasteiger partial charge >= 0.3 is 0 Å². The zero-order chi connectivity index (χ0) is 46.5. The summed E-state index contributed by atoms with van der Waals surface area (Å²) in [6.45, 7) is 13.5. The first-order valence-corrected chi connectivity index (χ1v) is 23.6. The van der Waals surface area contributed by atoms with Crippen LogP contribution in [0.3, 0.4) is 0 Å². The van der Waals surface area contributed by atoms with Gasteiger partial charge in [0.1, 0.15) is 0 Å². The predicted octanol–water partition coefficient (Wildman–Crippen LogP) is 14.2. The summed E-state index contributed by atoms with van der Waals surface area (Å²) in [5.41, 5.74) is 17.7. The summed E-state index contributed by atoms with van der Waals surface area (Å²) in [4.78, 5) is 18.7. The molecule has 0 fully saturated rings. The van der Waals surface area contributed by atoms with Gasteiger partial charge in [0.2, 0.25) is 12.7 Å². The first-order chi connectivity index (χ1) is 33.2. The fraction of sp³-hybridized carbons (Fsp3) is 0.0952. The maximum Gasteiger partial charge on any atom is 0.243 e. The van der Waals surface area contributed by atoms with Crippen molar-refractivity contribution in [3.05, 3.63) is 234 Å². The van der Waals surface area contributed by atoms with E-state index in [1.807, 2.05) is 18.2 Å². The molecular formula is C63H51BN4. The minimum absolute atomic E-state index is 0.0149. The van der Waals surface area contributed by atoms with Crippen LogP contribution >= 0.6 is 0 Å². The molecule has 326 valence electrons. The molecule has 0 radical (unpaired) electrons. The van der Waals surface area contributed by atoms with Gasteiger partial charge in [-0.05, 0) is 98.5 Å². The lowest BCUT2D eigenvalue weighted by Crippen LogP contribution is -2.56. The number of fused-ring (bicyclic) bond motifs is 3. The summed E-state index contributed by atoms with van der Waals surface area (Å²) in [7, 11) is 0. The Labute approximate surface area is 399 Å². The van der Waals surface area contributed by atoms with E-state index in [2.05, 4.69) is 228 Å². The summed E-state index contributed by atoms with van der Waals surface area (Å²) < 4.78 is 0. The number of aromatic nitrogens is 3. The van der Waals surface area contributed by atoms with E-state index < -0.39 is 0 Å². The van der Waals surface area contributed by atoms with Gasteiger partial charge in [0.25, 0.3) is 0 Å². The molecule has 0 amide bonds. The number of nitrogens with zero attached hydrogens (tertiary/aromatic N) is 4. The largest absolute Gasteiger partial charge is 0.278 e. The van der Waals surface area contributed by atoms with Crippen LogP contribution in [0.15, 0.2) is 200 Å². The number of hydrogen-bond donors (Lipinski definition) is 0. The van der Waals surface area contributed by atoms with E-state index >= 15 is 0 Å². The van der Waals surface area contributed by atoms with Gasteiger partial charge in [0.15, 0.2) is 11.6 Å². The highest BCUT2D eigenvalue weighted by Crippen LogP contribution is 2.43. The van der Waals surface area contributed by atoms with Gasteiger partial charge in [-0.1, -0.05) is 226 Å². The standard InChI is InChI=1S/C63H51BN4/c1-40-34-42(3)59(43(4)35-40)64(60-44(5)36-41(2)37-45(60)6)56-32-33-58(53-30-18-17-29-52(53)56)68(57-31-19-27-46-22-15-16-28-51(46)57)63-66-61(48-23-11-8-12-24-48)65-62(67-63)55-39-50-26-14-13-25-49(50)38-54(55)47-20-9-7-10-21-47/h7-39H,1-6H3. The van der Waals surface area contributed by atoms with Crippen molar-refractivity contribution in [1.29, 1.82) is 0 Å². The second-order valence-electron chi connectivity index (χ2n) is 18.4. The molecule has 11 rings (SSSR count). The molecule has 0 aliphatic heterocycles. The SMILES string of the molecule is Cc1cc(C)c(B(c2c(C)cc(C)cc2C)c2ccc(N(c3nc(-c4ccccc4)nc(-c4cc5ccccc5cc4-c4ccccc4)n3)c3cccc4ccccc34)c3ccccc23)c(C)c1. The highest BCUT2D eigenvalue weighted by atomic mass is 15.3. The topological polar surface area (TPSA) is 41.9 Å². The lowest BCUT2D eigenvalue weighted by Gasteiger charge is -2.29. The third-order valence-electron chi connectivity index (χ3n) is 13.6. The van der Waals surface area contributed by atoms with Crippen molar-refractivity contribution in [2.45, 2.75) is 41.5 Å². The molecule has 5 heteroatoms. The molecule has 0 unspecified atom stereocenters. The summed E-state index contributed by atoms with van der Waals surface area (Å²) in [6.07, 6.45) is 0. The number of benzene rings is 10. The maximum absolute atomic E-state index is 5.61. The van der Waals surface area contributed by atoms with Gasteiger partial charge in [0, 0.05) is 21.9 Å². The van der Waals surface area contributed by atoms with E-state index in [-0.39, 0.29) is 6.71 Å². The van der Waals surface area contributed by atoms with Gasteiger partial charge in [-0.25, -0.2) is 4.98 Å². The van der Waals surface area contributed by atoms with Crippen LogP contribution in [0.2, 0.25) is 0 Å². The molecule has 0 N–H and O–H groups in total. The van der Waals surface area contributed by atoms with Gasteiger partial charge in [-0.2, -0.15) is 9.97 Å². The Bertz CT molecular complexity index is 3600. The Morgan fingerprint density at radius 1 is 0.353 bits per heavy atom. The molecule has 0 aliphatic carbocycles. The van der Waals surface area contributed by atoms with Gasteiger partial charge in [-0.15, -0.1) is 0 Å². The molecule has 4 nitrogen and oxygen atoms in total. The molecule has 0 saturated heterocycles. The quantitative estimate of drug-likeness (QED) is 0.136. The fourth-order valence-electron chi connectivity index (χ4n) is 10.8. The van der Waals surface area contributed by atoms with Crippen LogP contribution < -0.4 is 21.3 Å². The van der Waals surface area contributed by atoms with E-state index in [4.69, 9.17) is 15.0 Å². The molecule has 1 aromatic heterocycles. The Morgan fingerprint density at radius 2 is 0.824 bits per heavy atom. The normalized spacial score (nSPS) is 11.4. The highest BCUT2D eigenvalue weighted by molar-refractivity contribution is 6.98. The Hall–Kier alpha value is -8.15. The van der Waals surface area contributed by atoms with Crippen LogP contribution in [0.5, 0.6) is 0 Å². The second kappa shape index (κ2) is 17.6. The summed E-state index contributed by atoms with van der Waals surface area (Å²) in [6, 6.07) is 71.9. The minimum Gasteiger partial charge on any atom is -0.278 e. The lowest BCUT2D eigenvalue weighted by atomic mass is 9.33. The molecule has 0 aliphatic rings. The summed E-state index contributed by atoms with van der Waals surface area (Å²) in [5.74, 6) is 1.72. The van der Waals surface area contributed by atoms with Gasteiger partial charge in [0.05, 0.1) is 11.4 Å². The smallest absolute Gasteiger partial charge is 0.243 e. The van der Waals surface area contributed by atoms with Crippen LogP contribution in [0, 0.1) is 41.5 Å². The third kappa shape index (κ3) is 7.70. The molecule has 0 bridgehead atoms. The number of aryl methyl sites for hydroxylation is 6. The van der Waals surface area contributed by atoms with Crippen molar-refractivity contribution in [3.8, 4) is 33.9 Å². The van der Waals surface area contributed by atoms with Crippen LogP contribution in [0.4, 0.5) is 17.3 Å². The van der Waals surface area contributed by atoms with Crippen molar-refractivity contribution in [2.24, 2.45) is 0 Å².